The molecular weight excluding hydrogens is 310 g/mol. The van der Waals surface area contributed by atoms with Gasteiger partial charge in [0.15, 0.2) is 0 Å². The molecule has 3 nitrogen and oxygen atoms in total. The number of halogens is 1. The van der Waals surface area contributed by atoms with Crippen molar-refractivity contribution in [1.29, 1.82) is 0 Å². The van der Waals surface area contributed by atoms with Gasteiger partial charge in [-0.1, -0.05) is 57.4 Å². The van der Waals surface area contributed by atoms with E-state index in [4.69, 9.17) is 10.8 Å². The molecule has 3 atom stereocenters. The van der Waals surface area contributed by atoms with Gasteiger partial charge >= 0.3 is 0 Å². The highest BCUT2D eigenvalue weighted by Crippen LogP contribution is 2.33. The van der Waals surface area contributed by atoms with Crippen LogP contribution in [0.15, 0.2) is 24.3 Å². The van der Waals surface area contributed by atoms with E-state index in [-0.39, 0.29) is 25.1 Å². The summed E-state index contributed by atoms with van der Waals surface area (Å²) in [6.45, 7) is 4.46. The summed E-state index contributed by atoms with van der Waals surface area (Å²) in [5.74, 6) is 0.558. The number of hydrogen-bond acceptors (Lipinski definition) is 3. The van der Waals surface area contributed by atoms with Gasteiger partial charge in [0.2, 0.25) is 0 Å². The molecule has 0 radical (unpaired) electrons. The number of hydrogen-bond donors (Lipinski definition) is 3. The molecule has 0 bridgehead atoms. The first-order valence-electron chi connectivity index (χ1n) is 8.77. The number of aliphatic hydroxyl groups excluding tert-OH is 2. The predicted molar refractivity (Wildman–Crippen MR) is 100 cm³/mol. The van der Waals surface area contributed by atoms with Gasteiger partial charge in [-0.25, -0.2) is 0 Å². The fourth-order valence-corrected chi connectivity index (χ4v) is 3.16. The van der Waals surface area contributed by atoms with Gasteiger partial charge in [-0.2, -0.15) is 0 Å². The van der Waals surface area contributed by atoms with Gasteiger partial charge in [0.1, 0.15) is 0 Å². The predicted octanol–water partition coefficient (Wildman–Crippen LogP) is 4.32. The van der Waals surface area contributed by atoms with Crippen molar-refractivity contribution < 1.29 is 10.2 Å². The first-order chi connectivity index (χ1) is 10.6. The van der Waals surface area contributed by atoms with Crippen molar-refractivity contribution in [3.05, 3.63) is 35.4 Å². The van der Waals surface area contributed by atoms with Crippen LogP contribution in [-0.2, 0) is 0 Å². The Balaban J connectivity index is 0.00000484. The molecule has 0 aliphatic heterocycles. The normalized spacial score (nSPS) is 14.8. The van der Waals surface area contributed by atoms with Crippen LogP contribution in [0.1, 0.15) is 81.9 Å². The summed E-state index contributed by atoms with van der Waals surface area (Å²) in [5, 5.41) is 18.8. The first-order valence-corrected chi connectivity index (χ1v) is 8.77. The van der Waals surface area contributed by atoms with Crippen molar-refractivity contribution in [3.63, 3.8) is 0 Å². The Morgan fingerprint density at radius 1 is 1.00 bits per heavy atom. The van der Waals surface area contributed by atoms with Crippen LogP contribution in [-0.4, -0.2) is 22.9 Å². The second kappa shape index (κ2) is 12.8. The lowest BCUT2D eigenvalue weighted by atomic mass is 9.84. The molecule has 0 spiro atoms. The summed E-state index contributed by atoms with van der Waals surface area (Å²) in [5.41, 5.74) is 8.86. The highest BCUT2D eigenvalue weighted by molar-refractivity contribution is 5.85. The zero-order valence-electron chi connectivity index (χ0n) is 14.6. The molecule has 4 heteroatoms. The van der Waals surface area contributed by atoms with E-state index in [1.165, 1.54) is 37.7 Å². The second-order valence-corrected chi connectivity index (χ2v) is 6.27. The Morgan fingerprint density at radius 3 is 2.22 bits per heavy atom. The molecule has 23 heavy (non-hydrogen) atoms. The summed E-state index contributed by atoms with van der Waals surface area (Å²) in [6.07, 6.45) is 6.37. The molecule has 4 N–H and O–H groups in total. The lowest BCUT2D eigenvalue weighted by Gasteiger charge is -2.24. The Morgan fingerprint density at radius 2 is 1.65 bits per heavy atom. The lowest BCUT2D eigenvalue weighted by molar-refractivity contribution is 0.118. The van der Waals surface area contributed by atoms with Gasteiger partial charge in [-0.15, -0.1) is 12.4 Å². The van der Waals surface area contributed by atoms with E-state index in [9.17, 15) is 5.11 Å². The van der Waals surface area contributed by atoms with Crippen molar-refractivity contribution in [1.82, 2.24) is 0 Å². The third-order valence-corrected chi connectivity index (χ3v) is 4.37. The zero-order chi connectivity index (χ0) is 16.4. The van der Waals surface area contributed by atoms with Gasteiger partial charge in [-0.05, 0) is 42.7 Å². The monoisotopic (exact) mass is 343 g/mol. The van der Waals surface area contributed by atoms with Crippen LogP contribution in [0.4, 0.5) is 0 Å². The van der Waals surface area contributed by atoms with E-state index >= 15 is 0 Å². The molecule has 0 aliphatic rings. The number of rotatable bonds is 11. The quantitative estimate of drug-likeness (QED) is 0.560. The molecular formula is C19H34ClNO2. The van der Waals surface area contributed by atoms with Crippen LogP contribution in [0.5, 0.6) is 0 Å². The highest BCUT2D eigenvalue weighted by Gasteiger charge is 2.19. The summed E-state index contributed by atoms with van der Waals surface area (Å²) in [6, 6.07) is 8.24. The van der Waals surface area contributed by atoms with Crippen molar-refractivity contribution >= 4 is 12.4 Å². The van der Waals surface area contributed by atoms with Crippen LogP contribution in [0, 0.1) is 0 Å². The molecule has 3 unspecified atom stereocenters. The first kappa shape index (κ1) is 22.4. The SMILES string of the molecule is CCCCC(CCC)c1ccccc1C(N)CC(O)CCO.Cl. The molecule has 0 aliphatic carbocycles. The Hall–Kier alpha value is -0.610. The average Bonchev–Trinajstić information content (AvgIpc) is 2.51. The summed E-state index contributed by atoms with van der Waals surface area (Å²) in [7, 11) is 0. The standard InChI is InChI=1S/C19H33NO2.ClH/c1-3-5-9-15(8-4-2)17-10-6-7-11-18(17)19(20)14-16(22)12-13-21;/h6-7,10-11,15-16,19,21-22H,3-5,8-9,12-14,20H2,1-2H3;1H. The molecule has 1 rings (SSSR count). The van der Waals surface area contributed by atoms with E-state index in [2.05, 4.69) is 32.0 Å². The molecule has 1 aromatic rings. The molecule has 0 aromatic heterocycles. The van der Waals surface area contributed by atoms with Gasteiger partial charge in [0, 0.05) is 12.6 Å². The summed E-state index contributed by atoms with van der Waals surface area (Å²) < 4.78 is 0. The number of unbranched alkanes of at least 4 members (excludes halogenated alkanes) is 1. The molecule has 0 saturated heterocycles. The summed E-state index contributed by atoms with van der Waals surface area (Å²) >= 11 is 0. The minimum absolute atomic E-state index is 0. The number of aliphatic hydroxyl groups is 2. The Labute approximate surface area is 147 Å². The molecule has 0 amide bonds. The molecule has 0 saturated carbocycles. The van der Waals surface area contributed by atoms with Gasteiger partial charge < -0.3 is 15.9 Å². The van der Waals surface area contributed by atoms with Crippen molar-refractivity contribution in [2.45, 2.75) is 76.9 Å². The van der Waals surface area contributed by atoms with E-state index in [0.717, 1.165) is 5.56 Å². The lowest BCUT2D eigenvalue weighted by Crippen LogP contribution is -2.21. The molecule has 1 aromatic carbocycles. The fraction of sp³-hybridized carbons (Fsp3) is 0.684. The van der Waals surface area contributed by atoms with Gasteiger partial charge in [-0.3, -0.25) is 0 Å². The average molecular weight is 344 g/mol. The number of nitrogens with two attached hydrogens (primary N) is 1. The van der Waals surface area contributed by atoms with E-state index in [1.54, 1.807) is 0 Å². The fourth-order valence-electron chi connectivity index (χ4n) is 3.16. The largest absolute Gasteiger partial charge is 0.396 e. The van der Waals surface area contributed by atoms with E-state index in [0.29, 0.717) is 18.8 Å². The third kappa shape index (κ3) is 7.67. The van der Waals surface area contributed by atoms with Gasteiger partial charge in [0.25, 0.3) is 0 Å². The maximum absolute atomic E-state index is 9.92. The highest BCUT2D eigenvalue weighted by atomic mass is 35.5. The van der Waals surface area contributed by atoms with Crippen LogP contribution >= 0.6 is 12.4 Å². The zero-order valence-corrected chi connectivity index (χ0v) is 15.4. The summed E-state index contributed by atoms with van der Waals surface area (Å²) in [4.78, 5) is 0. The molecule has 0 heterocycles. The van der Waals surface area contributed by atoms with Crippen molar-refractivity contribution in [2.24, 2.45) is 5.73 Å². The van der Waals surface area contributed by atoms with Crippen molar-refractivity contribution in [2.75, 3.05) is 6.61 Å². The second-order valence-electron chi connectivity index (χ2n) is 6.27. The smallest absolute Gasteiger partial charge is 0.0580 e. The molecule has 0 fully saturated rings. The van der Waals surface area contributed by atoms with Crippen LogP contribution < -0.4 is 5.73 Å². The third-order valence-electron chi connectivity index (χ3n) is 4.37. The van der Waals surface area contributed by atoms with Crippen LogP contribution in [0.3, 0.4) is 0 Å². The minimum atomic E-state index is -0.534. The van der Waals surface area contributed by atoms with Crippen LogP contribution in [0.25, 0.3) is 0 Å². The molecule has 134 valence electrons. The maximum atomic E-state index is 9.92. The Kier molecular flexibility index (Phi) is 12.4. The van der Waals surface area contributed by atoms with Crippen molar-refractivity contribution in [3.8, 4) is 0 Å². The topological polar surface area (TPSA) is 66.5 Å². The maximum Gasteiger partial charge on any atom is 0.0580 e. The number of benzene rings is 1. The Bertz CT molecular complexity index is 414. The minimum Gasteiger partial charge on any atom is -0.396 e. The van der Waals surface area contributed by atoms with Gasteiger partial charge in [0.05, 0.1) is 6.10 Å². The van der Waals surface area contributed by atoms with Crippen LogP contribution in [0.2, 0.25) is 0 Å². The van der Waals surface area contributed by atoms with E-state index < -0.39 is 6.10 Å². The van der Waals surface area contributed by atoms with E-state index in [1.807, 2.05) is 6.07 Å².